The molecule has 2 nitrogen and oxygen atoms in total. The Morgan fingerprint density at radius 1 is 0.475 bits per heavy atom. The van der Waals surface area contributed by atoms with Gasteiger partial charge in [0.05, 0.1) is 22.7 Å². The van der Waals surface area contributed by atoms with Crippen LogP contribution >= 0.6 is 11.3 Å². The summed E-state index contributed by atoms with van der Waals surface area (Å²) in [6, 6.07) is 49.8. The summed E-state index contributed by atoms with van der Waals surface area (Å²) in [6.07, 6.45) is 0. The van der Waals surface area contributed by atoms with Crippen molar-refractivity contribution in [1.29, 1.82) is 5.26 Å². The standard InChI is InChI=1S/C37H22N2S/c38-23-24-13-17-36-32(19-24)33-22-28(15-18-37(33)40-36)26-8-6-7-25(20-26)27-14-16-35-31(21-27)30-11-4-5-12-34(30)39(35)29-9-2-1-3-10-29/h1-22H. The van der Waals surface area contributed by atoms with Crippen molar-refractivity contribution in [2.75, 3.05) is 0 Å². The number of nitriles is 1. The fraction of sp³-hybridized carbons (Fsp3) is 0. The van der Waals surface area contributed by atoms with E-state index >= 15 is 0 Å². The van der Waals surface area contributed by atoms with Gasteiger partial charge in [-0.3, -0.25) is 0 Å². The van der Waals surface area contributed by atoms with E-state index in [-0.39, 0.29) is 0 Å². The Morgan fingerprint density at radius 3 is 1.90 bits per heavy atom. The van der Waals surface area contributed by atoms with Crippen LogP contribution in [0.3, 0.4) is 0 Å². The number of para-hydroxylation sites is 2. The quantitative estimate of drug-likeness (QED) is 0.225. The SMILES string of the molecule is N#Cc1ccc2sc3ccc(-c4cccc(-c5ccc6c(c5)c5ccccc5n6-c5ccccc5)c4)cc3c2c1. The van der Waals surface area contributed by atoms with Crippen LogP contribution in [-0.4, -0.2) is 4.57 Å². The minimum atomic E-state index is 0.698. The lowest BCUT2D eigenvalue weighted by Gasteiger charge is -2.09. The summed E-state index contributed by atoms with van der Waals surface area (Å²) in [6.45, 7) is 0. The van der Waals surface area contributed by atoms with Gasteiger partial charge >= 0.3 is 0 Å². The van der Waals surface area contributed by atoms with Gasteiger partial charge in [0.25, 0.3) is 0 Å². The maximum absolute atomic E-state index is 9.41. The van der Waals surface area contributed by atoms with Crippen LogP contribution in [0, 0.1) is 11.3 Å². The summed E-state index contributed by atoms with van der Waals surface area (Å²) in [5, 5.41) is 14.3. The molecule has 0 bridgehead atoms. The van der Waals surface area contributed by atoms with Crippen LogP contribution in [0.5, 0.6) is 0 Å². The molecule has 0 amide bonds. The second kappa shape index (κ2) is 8.95. The van der Waals surface area contributed by atoms with Gasteiger partial charge in [0.1, 0.15) is 0 Å². The molecule has 40 heavy (non-hydrogen) atoms. The van der Waals surface area contributed by atoms with Crippen molar-refractivity contribution >= 4 is 53.3 Å². The molecule has 0 aliphatic carbocycles. The molecule has 0 fully saturated rings. The molecule has 3 heteroatoms. The Kier molecular flexibility index (Phi) is 5.10. The Balaban J connectivity index is 1.26. The zero-order valence-corrected chi connectivity index (χ0v) is 22.3. The highest BCUT2D eigenvalue weighted by Crippen LogP contribution is 2.38. The van der Waals surface area contributed by atoms with Crippen LogP contribution < -0.4 is 0 Å². The van der Waals surface area contributed by atoms with E-state index in [4.69, 9.17) is 0 Å². The minimum absolute atomic E-state index is 0.698. The number of nitrogens with zero attached hydrogens (tertiary/aromatic N) is 2. The predicted molar refractivity (Wildman–Crippen MR) is 169 cm³/mol. The van der Waals surface area contributed by atoms with Crippen LogP contribution in [0.1, 0.15) is 5.56 Å². The number of thiophene rings is 1. The van der Waals surface area contributed by atoms with Crippen molar-refractivity contribution in [2.45, 2.75) is 0 Å². The molecule has 0 radical (unpaired) electrons. The van der Waals surface area contributed by atoms with E-state index in [1.807, 2.05) is 12.1 Å². The van der Waals surface area contributed by atoms with Gasteiger partial charge < -0.3 is 4.57 Å². The molecule has 0 atom stereocenters. The van der Waals surface area contributed by atoms with Gasteiger partial charge in [-0.15, -0.1) is 11.3 Å². The smallest absolute Gasteiger partial charge is 0.0991 e. The average molecular weight is 527 g/mol. The van der Waals surface area contributed by atoms with Crippen molar-refractivity contribution in [3.63, 3.8) is 0 Å². The highest BCUT2D eigenvalue weighted by atomic mass is 32.1. The van der Waals surface area contributed by atoms with Gasteiger partial charge in [-0.25, -0.2) is 0 Å². The molecule has 0 saturated carbocycles. The third-order valence-electron chi connectivity index (χ3n) is 7.81. The lowest BCUT2D eigenvalue weighted by atomic mass is 9.97. The van der Waals surface area contributed by atoms with Gasteiger partial charge in [-0.05, 0) is 89.0 Å². The Labute approximate surface area is 235 Å². The molecule has 0 aliphatic heterocycles. The number of rotatable bonds is 3. The summed E-state index contributed by atoms with van der Waals surface area (Å²) >= 11 is 1.78. The number of hydrogen-bond donors (Lipinski definition) is 0. The molecule has 0 N–H and O–H groups in total. The van der Waals surface area contributed by atoms with Crippen LogP contribution in [0.15, 0.2) is 133 Å². The van der Waals surface area contributed by atoms with E-state index in [1.54, 1.807) is 11.3 Å². The molecule has 0 saturated heterocycles. The first-order valence-corrected chi connectivity index (χ1v) is 14.1. The Morgan fingerprint density at radius 2 is 1.10 bits per heavy atom. The molecule has 0 spiro atoms. The molecule has 186 valence electrons. The topological polar surface area (TPSA) is 28.7 Å². The van der Waals surface area contributed by atoms with E-state index < -0.39 is 0 Å². The number of aromatic nitrogens is 1. The summed E-state index contributed by atoms with van der Waals surface area (Å²) in [7, 11) is 0. The third kappa shape index (κ3) is 3.55. The highest BCUT2D eigenvalue weighted by Gasteiger charge is 2.14. The molecule has 0 aliphatic rings. The minimum Gasteiger partial charge on any atom is -0.309 e. The predicted octanol–water partition coefficient (Wildman–Crippen LogP) is 10.4. The summed E-state index contributed by atoms with van der Waals surface area (Å²) < 4.78 is 4.80. The molecule has 0 unspecified atom stereocenters. The van der Waals surface area contributed by atoms with Crippen LogP contribution in [0.4, 0.5) is 0 Å². The molecule has 2 aromatic heterocycles. The van der Waals surface area contributed by atoms with Crippen molar-refractivity contribution in [3.05, 3.63) is 139 Å². The van der Waals surface area contributed by atoms with E-state index in [0.29, 0.717) is 5.56 Å². The van der Waals surface area contributed by atoms with Crippen molar-refractivity contribution < 1.29 is 0 Å². The van der Waals surface area contributed by atoms with Gasteiger partial charge in [-0.1, -0.05) is 66.7 Å². The second-order valence-electron chi connectivity index (χ2n) is 10.1. The molecular formula is C37H22N2S. The molecule has 8 rings (SSSR count). The van der Waals surface area contributed by atoms with E-state index in [9.17, 15) is 5.26 Å². The van der Waals surface area contributed by atoms with Crippen molar-refractivity contribution in [3.8, 4) is 34.0 Å². The van der Waals surface area contributed by atoms with Gasteiger partial charge in [0, 0.05) is 36.6 Å². The number of hydrogen-bond acceptors (Lipinski definition) is 2. The first kappa shape index (κ1) is 22.8. The summed E-state index contributed by atoms with van der Waals surface area (Å²) in [5.74, 6) is 0. The zero-order valence-electron chi connectivity index (χ0n) is 21.5. The monoisotopic (exact) mass is 526 g/mol. The fourth-order valence-electron chi connectivity index (χ4n) is 5.91. The third-order valence-corrected chi connectivity index (χ3v) is 8.97. The average Bonchev–Trinajstić information content (AvgIpc) is 3.56. The maximum Gasteiger partial charge on any atom is 0.0991 e. The summed E-state index contributed by atoms with van der Waals surface area (Å²) in [5.41, 5.74) is 9.04. The van der Waals surface area contributed by atoms with E-state index in [0.717, 1.165) is 5.39 Å². The first-order chi connectivity index (χ1) is 19.8. The van der Waals surface area contributed by atoms with Gasteiger partial charge in [0.15, 0.2) is 0 Å². The van der Waals surface area contributed by atoms with Crippen LogP contribution in [0.2, 0.25) is 0 Å². The molecular weight excluding hydrogens is 504 g/mol. The maximum atomic E-state index is 9.41. The fourth-order valence-corrected chi connectivity index (χ4v) is 6.98. The van der Waals surface area contributed by atoms with Crippen molar-refractivity contribution in [1.82, 2.24) is 4.57 Å². The van der Waals surface area contributed by atoms with Gasteiger partial charge in [0.2, 0.25) is 0 Å². The van der Waals surface area contributed by atoms with Crippen LogP contribution in [-0.2, 0) is 0 Å². The normalized spacial score (nSPS) is 11.5. The first-order valence-electron chi connectivity index (χ1n) is 13.3. The number of fused-ring (bicyclic) bond motifs is 6. The van der Waals surface area contributed by atoms with E-state index in [2.05, 4.69) is 132 Å². The van der Waals surface area contributed by atoms with Crippen LogP contribution in [0.25, 0.3) is 69.9 Å². The van der Waals surface area contributed by atoms with Gasteiger partial charge in [-0.2, -0.15) is 5.26 Å². The molecule has 6 aromatic carbocycles. The lowest BCUT2D eigenvalue weighted by molar-refractivity contribution is 1.18. The largest absolute Gasteiger partial charge is 0.309 e. The Hall–Kier alpha value is -5.17. The van der Waals surface area contributed by atoms with Crippen molar-refractivity contribution in [2.24, 2.45) is 0 Å². The molecule has 8 aromatic rings. The highest BCUT2D eigenvalue weighted by molar-refractivity contribution is 7.25. The lowest BCUT2D eigenvalue weighted by Crippen LogP contribution is -1.92. The molecule has 2 heterocycles. The van der Waals surface area contributed by atoms with E-state index in [1.165, 1.54) is 64.5 Å². The Bertz CT molecular complexity index is 2280. The second-order valence-corrected chi connectivity index (χ2v) is 11.2. The summed E-state index contributed by atoms with van der Waals surface area (Å²) in [4.78, 5) is 0. The zero-order chi connectivity index (χ0) is 26.6. The number of benzene rings is 6.